The van der Waals surface area contributed by atoms with Crippen molar-refractivity contribution < 1.29 is 13.9 Å². The quantitative estimate of drug-likeness (QED) is 0.444. The van der Waals surface area contributed by atoms with Gasteiger partial charge in [0.25, 0.3) is 0 Å². The molecular weight excluding hydrogens is 438 g/mol. The number of piperidine rings is 1. The molecule has 0 unspecified atom stereocenters. The first-order valence-electron chi connectivity index (χ1n) is 14.1. The van der Waals surface area contributed by atoms with E-state index in [2.05, 4.69) is 19.9 Å². The van der Waals surface area contributed by atoms with Gasteiger partial charge in [-0.15, -0.1) is 0 Å². The van der Waals surface area contributed by atoms with Crippen LogP contribution in [0.15, 0.2) is 39.3 Å². The Morgan fingerprint density at radius 1 is 1.06 bits per heavy atom. The smallest absolute Gasteiger partial charge is 0.410 e. The fourth-order valence-electron chi connectivity index (χ4n) is 9.02. The molecule has 5 nitrogen and oxygen atoms in total. The van der Waals surface area contributed by atoms with Crippen molar-refractivity contribution in [1.82, 2.24) is 4.90 Å². The Kier molecular flexibility index (Phi) is 5.88. The van der Waals surface area contributed by atoms with E-state index < -0.39 is 0 Å². The average Bonchev–Trinajstić information content (AvgIpc) is 3.22. The summed E-state index contributed by atoms with van der Waals surface area (Å²) in [6, 6.07) is 3.56. The van der Waals surface area contributed by atoms with E-state index in [1.165, 1.54) is 44.1 Å². The zero-order valence-electron chi connectivity index (χ0n) is 21.5. The predicted octanol–water partition coefficient (Wildman–Crippen LogP) is 6.68. The molecular formula is C30H41NO4. The van der Waals surface area contributed by atoms with Gasteiger partial charge in [-0.25, -0.2) is 9.59 Å². The second-order valence-electron chi connectivity index (χ2n) is 12.6. The summed E-state index contributed by atoms with van der Waals surface area (Å²) in [5.41, 5.74) is 3.11. The summed E-state index contributed by atoms with van der Waals surface area (Å²) in [5, 5.41) is 0. The average molecular weight is 480 g/mol. The second-order valence-corrected chi connectivity index (χ2v) is 12.6. The van der Waals surface area contributed by atoms with Gasteiger partial charge in [0.2, 0.25) is 0 Å². The van der Waals surface area contributed by atoms with Crippen molar-refractivity contribution in [2.75, 3.05) is 13.1 Å². The van der Waals surface area contributed by atoms with Crippen LogP contribution in [0.5, 0.6) is 0 Å². The summed E-state index contributed by atoms with van der Waals surface area (Å²) in [4.78, 5) is 26.2. The van der Waals surface area contributed by atoms with Crippen molar-refractivity contribution in [3.63, 3.8) is 0 Å². The van der Waals surface area contributed by atoms with Crippen LogP contribution in [0.25, 0.3) is 0 Å². The van der Waals surface area contributed by atoms with Crippen LogP contribution in [-0.4, -0.2) is 30.2 Å². The Bertz CT molecular complexity index is 1030. The molecule has 0 spiro atoms. The third-order valence-corrected chi connectivity index (χ3v) is 11.0. The molecule has 0 aromatic carbocycles. The molecule has 1 aliphatic heterocycles. The highest BCUT2D eigenvalue weighted by Gasteiger charge is 2.58. The number of likely N-dealkylation sites (tertiary alicyclic amines) is 1. The lowest BCUT2D eigenvalue weighted by molar-refractivity contribution is -0.0874. The molecule has 190 valence electrons. The van der Waals surface area contributed by atoms with Crippen LogP contribution in [-0.2, 0) is 4.74 Å². The molecule has 1 aromatic heterocycles. The zero-order chi connectivity index (χ0) is 24.2. The molecule has 0 N–H and O–H groups in total. The highest BCUT2D eigenvalue weighted by Crippen LogP contribution is 2.67. The number of carbonyl (C=O) groups excluding carboxylic acids is 1. The molecule has 1 saturated heterocycles. The maximum absolute atomic E-state index is 12.7. The van der Waals surface area contributed by atoms with Gasteiger partial charge in [0, 0.05) is 19.2 Å². The lowest BCUT2D eigenvalue weighted by atomic mass is 9.46. The molecule has 0 bridgehead atoms. The Morgan fingerprint density at radius 2 is 1.89 bits per heavy atom. The van der Waals surface area contributed by atoms with Crippen molar-refractivity contribution >= 4 is 6.09 Å². The van der Waals surface area contributed by atoms with Crippen LogP contribution >= 0.6 is 0 Å². The van der Waals surface area contributed by atoms with Crippen molar-refractivity contribution in [3.05, 3.63) is 46.0 Å². The summed E-state index contributed by atoms with van der Waals surface area (Å²) in [7, 11) is 0. The molecule has 2 heterocycles. The van der Waals surface area contributed by atoms with Gasteiger partial charge in [0.1, 0.15) is 6.10 Å². The number of allylic oxidation sites excluding steroid dienone is 2. The first-order chi connectivity index (χ1) is 16.9. The van der Waals surface area contributed by atoms with Gasteiger partial charge < -0.3 is 14.1 Å². The molecule has 5 heteroatoms. The SMILES string of the molecule is C[C@]12CC[C@H](OC(=O)N3CCCCC3)C[C@H]1CC[C@H]1C3=CC[C@H](c4ccc(=O)oc4)[C@@]3(C)CC[C@@H]12. The van der Waals surface area contributed by atoms with E-state index in [4.69, 9.17) is 9.15 Å². The molecule has 6 rings (SSSR count). The number of ether oxygens (including phenoxy) is 1. The van der Waals surface area contributed by atoms with Crippen LogP contribution in [0.2, 0.25) is 0 Å². The Balaban J connectivity index is 1.15. The third-order valence-electron chi connectivity index (χ3n) is 11.0. The van der Waals surface area contributed by atoms with Crippen molar-refractivity contribution in [3.8, 4) is 0 Å². The number of rotatable bonds is 2. The van der Waals surface area contributed by atoms with Gasteiger partial charge in [0.05, 0.1) is 6.26 Å². The van der Waals surface area contributed by atoms with E-state index in [0.29, 0.717) is 23.2 Å². The highest BCUT2D eigenvalue weighted by molar-refractivity contribution is 5.67. The van der Waals surface area contributed by atoms with Crippen LogP contribution in [0.3, 0.4) is 0 Å². The van der Waals surface area contributed by atoms with E-state index in [1.807, 2.05) is 11.0 Å². The van der Waals surface area contributed by atoms with Crippen LogP contribution < -0.4 is 5.63 Å². The summed E-state index contributed by atoms with van der Waals surface area (Å²) < 4.78 is 11.3. The summed E-state index contributed by atoms with van der Waals surface area (Å²) in [6.07, 6.45) is 17.0. The van der Waals surface area contributed by atoms with Crippen LogP contribution in [0, 0.1) is 28.6 Å². The predicted molar refractivity (Wildman–Crippen MR) is 135 cm³/mol. The molecule has 5 aliphatic rings. The molecule has 1 aromatic rings. The van der Waals surface area contributed by atoms with E-state index in [1.54, 1.807) is 17.9 Å². The number of nitrogens with zero attached hydrogens (tertiary/aromatic N) is 1. The Labute approximate surface area is 209 Å². The summed E-state index contributed by atoms with van der Waals surface area (Å²) >= 11 is 0. The number of carbonyl (C=O) groups is 1. The van der Waals surface area contributed by atoms with E-state index in [-0.39, 0.29) is 23.2 Å². The van der Waals surface area contributed by atoms with Gasteiger partial charge in [-0.2, -0.15) is 0 Å². The van der Waals surface area contributed by atoms with Gasteiger partial charge in [-0.3, -0.25) is 0 Å². The van der Waals surface area contributed by atoms with Crippen LogP contribution in [0.4, 0.5) is 4.79 Å². The summed E-state index contributed by atoms with van der Waals surface area (Å²) in [6.45, 7) is 6.74. The van der Waals surface area contributed by atoms with Crippen molar-refractivity contribution in [2.24, 2.45) is 28.6 Å². The normalized spacial score (nSPS) is 40.8. The van der Waals surface area contributed by atoms with Crippen molar-refractivity contribution in [1.29, 1.82) is 0 Å². The highest BCUT2D eigenvalue weighted by atomic mass is 16.6. The fourth-order valence-corrected chi connectivity index (χ4v) is 9.02. The third kappa shape index (κ3) is 3.88. The van der Waals surface area contributed by atoms with Crippen molar-refractivity contribution in [2.45, 2.75) is 96.5 Å². The number of hydrogen-bond acceptors (Lipinski definition) is 4. The van der Waals surface area contributed by atoms with E-state index in [9.17, 15) is 9.59 Å². The van der Waals surface area contributed by atoms with Gasteiger partial charge in [-0.1, -0.05) is 25.5 Å². The molecule has 3 saturated carbocycles. The monoisotopic (exact) mass is 479 g/mol. The fraction of sp³-hybridized carbons (Fsp3) is 0.733. The number of amides is 1. The minimum absolute atomic E-state index is 0.0701. The minimum atomic E-state index is -0.266. The molecule has 35 heavy (non-hydrogen) atoms. The molecule has 4 fully saturated rings. The van der Waals surface area contributed by atoms with E-state index >= 15 is 0 Å². The van der Waals surface area contributed by atoms with E-state index in [0.717, 1.165) is 51.1 Å². The first kappa shape index (κ1) is 23.4. The molecule has 1 amide bonds. The lowest BCUT2D eigenvalue weighted by Crippen LogP contribution is -2.52. The first-order valence-corrected chi connectivity index (χ1v) is 14.1. The minimum Gasteiger partial charge on any atom is -0.446 e. The Morgan fingerprint density at radius 3 is 2.66 bits per heavy atom. The van der Waals surface area contributed by atoms with Gasteiger partial charge >= 0.3 is 11.7 Å². The second kappa shape index (κ2) is 8.81. The zero-order valence-corrected chi connectivity index (χ0v) is 21.5. The standard InChI is InChI=1S/C30H41NO4/c1-29-14-12-22(35-28(33)31-16-4-3-5-17-31)18-21(29)7-8-23-25-10-9-24(20-6-11-27(32)34-19-20)30(25,2)15-13-26(23)29/h6,10-11,19,21-24,26H,3-5,7-9,12-18H2,1-2H3/t21-,22+,23+,24-,26+,29+,30-/m1/s1. The Hall–Kier alpha value is -2.04. The van der Waals surface area contributed by atoms with Gasteiger partial charge in [0.15, 0.2) is 0 Å². The molecule has 7 atom stereocenters. The topological polar surface area (TPSA) is 59.8 Å². The lowest BCUT2D eigenvalue weighted by Gasteiger charge is -2.59. The molecule has 0 radical (unpaired) electrons. The largest absolute Gasteiger partial charge is 0.446 e. The van der Waals surface area contributed by atoms with Crippen LogP contribution in [0.1, 0.15) is 96.0 Å². The number of fused-ring (bicyclic) bond motifs is 5. The number of hydrogen-bond donors (Lipinski definition) is 0. The molecule has 4 aliphatic carbocycles. The summed E-state index contributed by atoms with van der Waals surface area (Å²) in [5.74, 6) is 2.47. The maximum atomic E-state index is 12.7. The van der Waals surface area contributed by atoms with Gasteiger partial charge in [-0.05, 0) is 117 Å². The maximum Gasteiger partial charge on any atom is 0.410 e.